The first kappa shape index (κ1) is 33.2. The molecule has 8 rings (SSSR count). The molecule has 0 aromatic heterocycles. The molecule has 2 aliphatic heterocycles. The van der Waals surface area contributed by atoms with Gasteiger partial charge in [0.1, 0.15) is 9.49 Å². The van der Waals surface area contributed by atoms with E-state index in [1.807, 2.05) is 121 Å². The second-order valence-corrected chi connectivity index (χ2v) is 14.3. The van der Waals surface area contributed by atoms with Crippen molar-refractivity contribution in [2.75, 3.05) is 0 Å². The number of benzene rings is 4. The van der Waals surface area contributed by atoms with Gasteiger partial charge in [0.2, 0.25) is 23.6 Å². The summed E-state index contributed by atoms with van der Waals surface area (Å²) in [6.45, 7) is 0. The Labute approximate surface area is 279 Å². The first-order valence-electron chi connectivity index (χ1n) is 14.7. The highest BCUT2D eigenvalue weighted by Gasteiger charge is 2.69. The number of fused-ring (bicyclic) bond motifs is 2. The molecule has 4 aromatic carbocycles. The van der Waals surface area contributed by atoms with Crippen LogP contribution in [0.2, 0.25) is 0 Å². The number of amides is 4. The van der Waals surface area contributed by atoms with E-state index >= 15 is 0 Å². The number of nitrogens with one attached hydrogen (secondary N) is 2. The van der Waals surface area contributed by atoms with Gasteiger partial charge in [0.15, 0.2) is 0 Å². The van der Waals surface area contributed by atoms with Crippen LogP contribution in [0.15, 0.2) is 131 Å². The molecule has 0 radical (unpaired) electrons. The Balaban J connectivity index is 0.000000174. The Morgan fingerprint density at radius 2 is 0.761 bits per heavy atom. The van der Waals surface area contributed by atoms with E-state index in [1.165, 1.54) is 23.5 Å². The van der Waals surface area contributed by atoms with Crippen molar-refractivity contribution in [2.45, 2.75) is 58.8 Å². The number of hydrogen-bond acceptors (Lipinski definition) is 6. The number of imide groups is 2. The van der Waals surface area contributed by atoms with Crippen LogP contribution in [0, 0.1) is 11.8 Å². The largest absolute Gasteiger partial charge is 0.295 e. The van der Waals surface area contributed by atoms with Gasteiger partial charge in [-0.05, 0) is 48.2 Å². The predicted octanol–water partition coefficient (Wildman–Crippen LogP) is 7.23. The van der Waals surface area contributed by atoms with Crippen LogP contribution in [-0.2, 0) is 19.2 Å². The average molecular weight is 651 g/mol. The Kier molecular flexibility index (Phi) is 9.61. The maximum Gasteiger partial charge on any atom is 0.244 e. The summed E-state index contributed by atoms with van der Waals surface area (Å²) in [7, 11) is 0. The van der Waals surface area contributed by atoms with Crippen LogP contribution >= 0.6 is 23.5 Å². The van der Waals surface area contributed by atoms with Crippen molar-refractivity contribution in [3.8, 4) is 0 Å². The standard InChI is InChI=1S/2C18H15NO2S.2CH4/c2*20-16-15-11-14(12-7-3-1-4-8-12)18(15,17(21)19-16)22-13-9-5-2-6-10-13;;/h2*1-10,14-15H,11H2,(H,19,20,21);2*1H4/t14-,15+,18-;14-,15-,18+;;/m01../s1. The highest BCUT2D eigenvalue weighted by atomic mass is 32.2. The van der Waals surface area contributed by atoms with E-state index in [4.69, 9.17) is 0 Å². The molecule has 6 atom stereocenters. The molecule has 4 aliphatic rings. The molecule has 8 heteroatoms. The highest BCUT2D eigenvalue weighted by Crippen LogP contribution is 2.63. The molecule has 2 heterocycles. The van der Waals surface area contributed by atoms with Crippen molar-refractivity contribution in [1.82, 2.24) is 10.6 Å². The van der Waals surface area contributed by atoms with Crippen LogP contribution in [-0.4, -0.2) is 33.1 Å². The van der Waals surface area contributed by atoms with E-state index in [0.717, 1.165) is 33.8 Å². The summed E-state index contributed by atoms with van der Waals surface area (Å²) in [5.74, 6) is -0.828. The summed E-state index contributed by atoms with van der Waals surface area (Å²) in [5.41, 5.74) is 2.26. The quantitative estimate of drug-likeness (QED) is 0.214. The molecule has 4 amide bonds. The summed E-state index contributed by atoms with van der Waals surface area (Å²) < 4.78 is -1.39. The molecule has 236 valence electrons. The van der Waals surface area contributed by atoms with E-state index in [9.17, 15) is 19.2 Å². The molecule has 6 nitrogen and oxygen atoms in total. The summed E-state index contributed by atoms with van der Waals surface area (Å²) in [6, 6.07) is 39.8. The lowest BCUT2D eigenvalue weighted by Crippen LogP contribution is -2.54. The minimum atomic E-state index is -0.695. The van der Waals surface area contributed by atoms with Crippen molar-refractivity contribution in [1.29, 1.82) is 0 Å². The van der Waals surface area contributed by atoms with Gasteiger partial charge in [0.05, 0.1) is 11.8 Å². The van der Waals surface area contributed by atoms with E-state index in [1.54, 1.807) is 0 Å². The summed E-state index contributed by atoms with van der Waals surface area (Å²) in [4.78, 5) is 51.4. The lowest BCUT2D eigenvalue weighted by Gasteiger charge is -2.48. The fourth-order valence-corrected chi connectivity index (χ4v) is 10.1. The summed E-state index contributed by atoms with van der Waals surface area (Å²) >= 11 is 3.06. The molecule has 2 saturated carbocycles. The van der Waals surface area contributed by atoms with Crippen LogP contribution in [0.3, 0.4) is 0 Å². The third-order valence-corrected chi connectivity index (χ3v) is 12.5. The zero-order valence-electron chi connectivity index (χ0n) is 23.7. The lowest BCUT2D eigenvalue weighted by molar-refractivity contribution is -0.127. The number of carbonyl (C=O) groups excluding carboxylic acids is 4. The molecule has 0 unspecified atom stereocenters. The van der Waals surface area contributed by atoms with E-state index in [2.05, 4.69) is 10.6 Å². The van der Waals surface area contributed by atoms with Gasteiger partial charge in [-0.3, -0.25) is 29.8 Å². The minimum Gasteiger partial charge on any atom is -0.295 e. The van der Waals surface area contributed by atoms with E-state index in [0.29, 0.717) is 0 Å². The van der Waals surface area contributed by atoms with Crippen molar-refractivity contribution in [2.24, 2.45) is 11.8 Å². The third-order valence-electron chi connectivity index (χ3n) is 9.29. The third kappa shape index (κ3) is 5.37. The maximum absolute atomic E-state index is 12.6. The van der Waals surface area contributed by atoms with Crippen LogP contribution in [0.1, 0.15) is 50.7 Å². The van der Waals surface area contributed by atoms with Gasteiger partial charge < -0.3 is 0 Å². The number of carbonyl (C=O) groups is 4. The van der Waals surface area contributed by atoms with Crippen LogP contribution < -0.4 is 10.6 Å². The normalized spacial score (nSPS) is 28.3. The van der Waals surface area contributed by atoms with Gasteiger partial charge >= 0.3 is 0 Å². The van der Waals surface area contributed by atoms with Crippen LogP contribution in [0.25, 0.3) is 0 Å². The average Bonchev–Trinajstić information content (AvgIpc) is 3.32. The van der Waals surface area contributed by atoms with Gasteiger partial charge in [0, 0.05) is 21.6 Å². The van der Waals surface area contributed by atoms with Crippen molar-refractivity contribution in [3.63, 3.8) is 0 Å². The second-order valence-electron chi connectivity index (χ2n) is 11.6. The second kappa shape index (κ2) is 13.3. The zero-order valence-corrected chi connectivity index (χ0v) is 25.4. The van der Waals surface area contributed by atoms with Crippen molar-refractivity contribution >= 4 is 47.2 Å². The maximum atomic E-state index is 12.6. The van der Waals surface area contributed by atoms with Gasteiger partial charge in [-0.2, -0.15) is 0 Å². The van der Waals surface area contributed by atoms with Crippen molar-refractivity contribution in [3.05, 3.63) is 132 Å². The van der Waals surface area contributed by atoms with Crippen LogP contribution in [0.4, 0.5) is 0 Å². The van der Waals surface area contributed by atoms with Gasteiger partial charge in [-0.1, -0.05) is 112 Å². The summed E-state index contributed by atoms with van der Waals surface area (Å²) in [5, 5.41) is 5.08. The molecular weight excluding hydrogens is 613 g/mol. The number of rotatable bonds is 6. The SMILES string of the molecule is C.C.O=C1NC(=O)[C@@]2(Sc3ccccc3)[C@@H]1C[C@@H]2c1ccccc1.O=C1NC(=O)[C@@]2(Sc3ccccc3)[C@@H]1C[C@H]2c1ccccc1. The number of hydrogen-bond donors (Lipinski definition) is 2. The molecule has 46 heavy (non-hydrogen) atoms. The monoisotopic (exact) mass is 650 g/mol. The highest BCUT2D eigenvalue weighted by molar-refractivity contribution is 8.02. The molecule has 0 spiro atoms. The molecular formula is C38H38N2O4S2. The molecule has 2 saturated heterocycles. The molecule has 4 fully saturated rings. The topological polar surface area (TPSA) is 92.3 Å². The molecule has 4 aromatic rings. The smallest absolute Gasteiger partial charge is 0.244 e. The predicted molar refractivity (Wildman–Crippen MR) is 184 cm³/mol. The van der Waals surface area contributed by atoms with E-state index < -0.39 is 9.49 Å². The molecule has 2 aliphatic carbocycles. The first-order chi connectivity index (χ1) is 21.4. The fourth-order valence-electron chi connectivity index (χ4n) is 7.05. The Morgan fingerprint density at radius 3 is 1.07 bits per heavy atom. The first-order valence-corrected chi connectivity index (χ1v) is 16.4. The minimum absolute atomic E-state index is 0. The van der Waals surface area contributed by atoms with Gasteiger partial charge in [-0.15, -0.1) is 23.5 Å². The van der Waals surface area contributed by atoms with Gasteiger partial charge in [-0.25, -0.2) is 0 Å². The Hall–Kier alpha value is -4.14. The molecule has 0 bridgehead atoms. The fraction of sp³-hybridized carbons (Fsp3) is 0.263. The summed E-state index contributed by atoms with van der Waals surface area (Å²) in [6.07, 6.45) is 1.48. The molecule has 2 N–H and O–H groups in total. The van der Waals surface area contributed by atoms with Crippen LogP contribution in [0.5, 0.6) is 0 Å². The zero-order chi connectivity index (χ0) is 30.3. The lowest BCUT2D eigenvalue weighted by atomic mass is 9.62. The van der Waals surface area contributed by atoms with E-state index in [-0.39, 0.29) is 62.2 Å². The Morgan fingerprint density at radius 1 is 0.457 bits per heavy atom. The number of thioether (sulfide) groups is 2. The Bertz CT molecular complexity index is 1590. The van der Waals surface area contributed by atoms with Gasteiger partial charge in [0.25, 0.3) is 0 Å². The van der Waals surface area contributed by atoms with Crippen molar-refractivity contribution < 1.29 is 19.2 Å².